The fourth-order valence-corrected chi connectivity index (χ4v) is 2.16. The van der Waals surface area contributed by atoms with Gasteiger partial charge in [-0.3, -0.25) is 4.79 Å². The molecule has 2 aromatic rings. The molecule has 108 valence electrons. The molecule has 0 heterocycles. The lowest BCUT2D eigenvalue weighted by atomic mass is 10.2. The number of carbonyl (C=O) groups is 1. The molecule has 1 amide bonds. The summed E-state index contributed by atoms with van der Waals surface area (Å²) < 4.78 is 6.30. The van der Waals surface area contributed by atoms with Crippen LogP contribution >= 0.6 is 15.9 Å². The summed E-state index contributed by atoms with van der Waals surface area (Å²) in [5, 5.41) is 2.80. The van der Waals surface area contributed by atoms with E-state index in [1.54, 1.807) is 6.08 Å². The Hall–Kier alpha value is -2.07. The van der Waals surface area contributed by atoms with Gasteiger partial charge in [0.2, 0.25) is 5.91 Å². The standard InChI is InChI=1S/C17H16BrNO2/c1-2-21-16-9-6-13(7-10-16)8-11-17(20)19-15-5-3-4-14(18)12-15/h3-12H,2H2,1H3,(H,19,20). The summed E-state index contributed by atoms with van der Waals surface area (Å²) in [5.74, 6) is 0.662. The zero-order valence-corrected chi connectivity index (χ0v) is 13.3. The third kappa shape index (κ3) is 5.08. The summed E-state index contributed by atoms with van der Waals surface area (Å²) in [6, 6.07) is 15.1. The first-order valence-electron chi connectivity index (χ1n) is 6.65. The predicted octanol–water partition coefficient (Wildman–Crippen LogP) is 4.50. The Balaban J connectivity index is 1.95. The minimum Gasteiger partial charge on any atom is -0.494 e. The number of nitrogens with one attached hydrogen (secondary N) is 1. The zero-order valence-electron chi connectivity index (χ0n) is 11.7. The van der Waals surface area contributed by atoms with E-state index in [2.05, 4.69) is 21.2 Å². The van der Waals surface area contributed by atoms with Crippen molar-refractivity contribution < 1.29 is 9.53 Å². The molecule has 2 rings (SSSR count). The topological polar surface area (TPSA) is 38.3 Å². The second-order valence-electron chi connectivity index (χ2n) is 4.33. The highest BCUT2D eigenvalue weighted by Crippen LogP contribution is 2.16. The number of ether oxygens (including phenoxy) is 1. The van der Waals surface area contributed by atoms with Crippen LogP contribution in [0.2, 0.25) is 0 Å². The predicted molar refractivity (Wildman–Crippen MR) is 89.4 cm³/mol. The van der Waals surface area contributed by atoms with Crippen molar-refractivity contribution in [1.29, 1.82) is 0 Å². The Morgan fingerprint density at radius 2 is 2.00 bits per heavy atom. The van der Waals surface area contributed by atoms with Gasteiger partial charge in [-0.2, -0.15) is 0 Å². The summed E-state index contributed by atoms with van der Waals surface area (Å²) in [6.07, 6.45) is 3.28. The molecular formula is C17H16BrNO2. The number of carbonyl (C=O) groups excluding carboxylic acids is 1. The molecule has 0 bridgehead atoms. The number of hydrogen-bond donors (Lipinski definition) is 1. The van der Waals surface area contributed by atoms with Crippen LogP contribution in [0, 0.1) is 0 Å². The van der Waals surface area contributed by atoms with Crippen molar-refractivity contribution in [1.82, 2.24) is 0 Å². The normalized spacial score (nSPS) is 10.6. The minimum atomic E-state index is -0.165. The molecule has 21 heavy (non-hydrogen) atoms. The van der Waals surface area contributed by atoms with Crippen LogP contribution in [0.5, 0.6) is 5.75 Å². The lowest BCUT2D eigenvalue weighted by Crippen LogP contribution is -2.07. The van der Waals surface area contributed by atoms with Crippen molar-refractivity contribution in [3.05, 3.63) is 64.6 Å². The van der Waals surface area contributed by atoms with Crippen LogP contribution < -0.4 is 10.1 Å². The number of benzene rings is 2. The van der Waals surface area contributed by atoms with Crippen LogP contribution in [0.15, 0.2) is 59.1 Å². The lowest BCUT2D eigenvalue weighted by molar-refractivity contribution is -0.111. The molecule has 0 aromatic heterocycles. The Morgan fingerprint density at radius 1 is 1.24 bits per heavy atom. The average molecular weight is 346 g/mol. The maximum Gasteiger partial charge on any atom is 0.248 e. The molecule has 0 radical (unpaired) electrons. The van der Waals surface area contributed by atoms with Gasteiger partial charge in [0.1, 0.15) is 5.75 Å². The summed E-state index contributed by atoms with van der Waals surface area (Å²) in [7, 11) is 0. The van der Waals surface area contributed by atoms with Gasteiger partial charge in [0.15, 0.2) is 0 Å². The van der Waals surface area contributed by atoms with E-state index in [9.17, 15) is 4.79 Å². The van der Waals surface area contributed by atoms with Gasteiger partial charge in [0, 0.05) is 16.2 Å². The van der Waals surface area contributed by atoms with Crippen LogP contribution in [0.25, 0.3) is 6.08 Å². The molecule has 0 saturated carbocycles. The quantitative estimate of drug-likeness (QED) is 0.810. The molecule has 0 aliphatic rings. The molecule has 3 nitrogen and oxygen atoms in total. The van der Waals surface area contributed by atoms with E-state index in [0.29, 0.717) is 6.61 Å². The molecule has 2 aromatic carbocycles. The summed E-state index contributed by atoms with van der Waals surface area (Å²) >= 11 is 3.37. The zero-order chi connectivity index (χ0) is 15.1. The smallest absolute Gasteiger partial charge is 0.248 e. The Bertz CT molecular complexity index is 635. The molecule has 1 N–H and O–H groups in total. The molecule has 0 saturated heterocycles. The van der Waals surface area contributed by atoms with Crippen LogP contribution in [-0.2, 0) is 4.79 Å². The van der Waals surface area contributed by atoms with E-state index >= 15 is 0 Å². The highest BCUT2D eigenvalue weighted by molar-refractivity contribution is 9.10. The van der Waals surface area contributed by atoms with Gasteiger partial charge < -0.3 is 10.1 Å². The van der Waals surface area contributed by atoms with E-state index in [1.165, 1.54) is 6.08 Å². The molecular weight excluding hydrogens is 330 g/mol. The number of halogens is 1. The number of rotatable bonds is 5. The lowest BCUT2D eigenvalue weighted by Gasteiger charge is -2.03. The molecule has 0 aliphatic heterocycles. The van der Waals surface area contributed by atoms with Crippen molar-refractivity contribution in [2.24, 2.45) is 0 Å². The monoisotopic (exact) mass is 345 g/mol. The second kappa shape index (κ2) is 7.64. The summed E-state index contributed by atoms with van der Waals surface area (Å²) in [6.45, 7) is 2.59. The van der Waals surface area contributed by atoms with Crippen molar-refractivity contribution in [3.8, 4) is 5.75 Å². The fourth-order valence-electron chi connectivity index (χ4n) is 1.76. The first kappa shape index (κ1) is 15.3. The Labute approximate surface area is 132 Å². The maximum atomic E-state index is 11.8. The van der Waals surface area contributed by atoms with Gasteiger partial charge in [-0.05, 0) is 48.9 Å². The van der Waals surface area contributed by atoms with Crippen molar-refractivity contribution in [3.63, 3.8) is 0 Å². The average Bonchev–Trinajstić information content (AvgIpc) is 2.47. The van der Waals surface area contributed by atoms with Crippen molar-refractivity contribution in [2.75, 3.05) is 11.9 Å². The Kier molecular flexibility index (Phi) is 5.58. The highest BCUT2D eigenvalue weighted by Gasteiger charge is 1.98. The van der Waals surface area contributed by atoms with E-state index in [0.717, 1.165) is 21.5 Å². The van der Waals surface area contributed by atoms with Gasteiger partial charge in [0.25, 0.3) is 0 Å². The third-order valence-electron chi connectivity index (χ3n) is 2.71. The van der Waals surface area contributed by atoms with Crippen LogP contribution in [0.1, 0.15) is 12.5 Å². The van der Waals surface area contributed by atoms with Crippen molar-refractivity contribution in [2.45, 2.75) is 6.92 Å². The SMILES string of the molecule is CCOc1ccc(C=CC(=O)Nc2cccc(Br)c2)cc1. The van der Waals surface area contributed by atoms with Gasteiger partial charge in [-0.1, -0.05) is 34.1 Å². The number of hydrogen-bond acceptors (Lipinski definition) is 2. The van der Waals surface area contributed by atoms with Crippen LogP contribution in [0.4, 0.5) is 5.69 Å². The van der Waals surface area contributed by atoms with E-state index < -0.39 is 0 Å². The van der Waals surface area contributed by atoms with E-state index in [4.69, 9.17) is 4.74 Å². The van der Waals surface area contributed by atoms with E-state index in [-0.39, 0.29) is 5.91 Å². The van der Waals surface area contributed by atoms with Gasteiger partial charge in [0.05, 0.1) is 6.61 Å². The van der Waals surface area contributed by atoms with Gasteiger partial charge in [-0.25, -0.2) is 0 Å². The molecule has 0 unspecified atom stereocenters. The van der Waals surface area contributed by atoms with Crippen molar-refractivity contribution >= 4 is 33.6 Å². The Morgan fingerprint density at radius 3 is 2.67 bits per heavy atom. The van der Waals surface area contributed by atoms with Gasteiger partial charge >= 0.3 is 0 Å². The maximum absolute atomic E-state index is 11.8. The van der Waals surface area contributed by atoms with Crippen LogP contribution in [-0.4, -0.2) is 12.5 Å². The molecule has 4 heteroatoms. The second-order valence-corrected chi connectivity index (χ2v) is 5.25. The fraction of sp³-hybridized carbons (Fsp3) is 0.118. The number of anilines is 1. The molecule has 0 atom stereocenters. The molecule has 0 fully saturated rings. The summed E-state index contributed by atoms with van der Waals surface area (Å²) in [5.41, 5.74) is 1.70. The van der Waals surface area contributed by atoms with Crippen LogP contribution in [0.3, 0.4) is 0 Å². The molecule has 0 spiro atoms. The number of amides is 1. The van der Waals surface area contributed by atoms with E-state index in [1.807, 2.05) is 55.5 Å². The first-order valence-corrected chi connectivity index (χ1v) is 7.44. The highest BCUT2D eigenvalue weighted by atomic mass is 79.9. The third-order valence-corrected chi connectivity index (χ3v) is 3.20. The molecule has 0 aliphatic carbocycles. The largest absolute Gasteiger partial charge is 0.494 e. The van der Waals surface area contributed by atoms with Gasteiger partial charge in [-0.15, -0.1) is 0 Å². The first-order chi connectivity index (χ1) is 10.2. The summed E-state index contributed by atoms with van der Waals surface area (Å²) in [4.78, 5) is 11.8. The minimum absolute atomic E-state index is 0.165.